The second-order valence-electron chi connectivity index (χ2n) is 5.09. The summed E-state index contributed by atoms with van der Waals surface area (Å²) in [5, 5.41) is 23.1. The maximum absolute atomic E-state index is 12.9. The maximum atomic E-state index is 12.9. The van der Waals surface area contributed by atoms with Gasteiger partial charge < -0.3 is 15.0 Å². The second kappa shape index (κ2) is 7.62. The maximum Gasteiger partial charge on any atom is 0.313 e. The van der Waals surface area contributed by atoms with Gasteiger partial charge in [0, 0.05) is 18.1 Å². The Bertz CT molecular complexity index is 878. The highest BCUT2D eigenvalue weighted by Crippen LogP contribution is 2.23. The zero-order valence-corrected chi connectivity index (χ0v) is 14.8. The summed E-state index contributed by atoms with van der Waals surface area (Å²) in [6.45, 7) is 0. The van der Waals surface area contributed by atoms with E-state index in [0.717, 1.165) is 23.1 Å². The molecule has 0 bridgehead atoms. The van der Waals surface area contributed by atoms with E-state index in [1.54, 1.807) is 23.7 Å². The van der Waals surface area contributed by atoms with E-state index in [-0.39, 0.29) is 11.6 Å². The topological polar surface area (TPSA) is 92.9 Å². The van der Waals surface area contributed by atoms with Gasteiger partial charge in [0.1, 0.15) is 11.6 Å². The Morgan fingerprint density at radius 2 is 2.12 bits per heavy atom. The molecule has 0 spiro atoms. The number of carboxylic acid groups (broad SMARTS) is 1. The van der Waals surface area contributed by atoms with Crippen LogP contribution in [0.25, 0.3) is 0 Å². The first-order valence-corrected chi connectivity index (χ1v) is 9.07. The summed E-state index contributed by atoms with van der Waals surface area (Å²) >= 11 is 2.56. The highest BCUT2D eigenvalue weighted by Gasteiger charge is 2.13. The van der Waals surface area contributed by atoms with E-state index in [4.69, 9.17) is 5.11 Å². The van der Waals surface area contributed by atoms with E-state index in [2.05, 4.69) is 20.5 Å². The first-order valence-electron chi connectivity index (χ1n) is 7.21. The van der Waals surface area contributed by atoms with E-state index in [1.165, 1.54) is 23.5 Å². The van der Waals surface area contributed by atoms with Crippen molar-refractivity contribution < 1.29 is 14.3 Å². The van der Waals surface area contributed by atoms with Gasteiger partial charge in [-0.3, -0.25) is 4.79 Å². The van der Waals surface area contributed by atoms with E-state index in [9.17, 15) is 9.18 Å². The van der Waals surface area contributed by atoms with E-state index >= 15 is 0 Å². The molecule has 0 saturated carbocycles. The minimum atomic E-state index is -0.898. The molecule has 130 valence electrons. The molecule has 2 N–H and O–H groups in total. The molecule has 2 heterocycles. The number of thiazole rings is 1. The average Bonchev–Trinajstić information content (AvgIpc) is 3.16. The van der Waals surface area contributed by atoms with Gasteiger partial charge in [-0.1, -0.05) is 11.8 Å². The van der Waals surface area contributed by atoms with Crippen molar-refractivity contribution in [1.82, 2.24) is 19.7 Å². The SMILES string of the molecule is Cn1c(Cc2csc(Nc3ccc(F)cc3)n2)nnc1SCC(=O)O. The number of rotatable bonds is 7. The van der Waals surface area contributed by atoms with Crippen LogP contribution in [0.4, 0.5) is 15.2 Å². The fourth-order valence-electron chi connectivity index (χ4n) is 2.02. The average molecular weight is 379 g/mol. The van der Waals surface area contributed by atoms with Crippen molar-refractivity contribution in [1.29, 1.82) is 0 Å². The molecule has 0 aliphatic rings. The number of thioether (sulfide) groups is 1. The van der Waals surface area contributed by atoms with Crippen LogP contribution < -0.4 is 5.32 Å². The highest BCUT2D eigenvalue weighted by molar-refractivity contribution is 7.99. The van der Waals surface area contributed by atoms with Crippen molar-refractivity contribution in [3.8, 4) is 0 Å². The number of carbonyl (C=O) groups is 1. The third kappa shape index (κ3) is 4.54. The molecule has 25 heavy (non-hydrogen) atoms. The fraction of sp³-hybridized carbons (Fsp3) is 0.200. The van der Waals surface area contributed by atoms with Gasteiger partial charge in [0.05, 0.1) is 17.9 Å². The smallest absolute Gasteiger partial charge is 0.313 e. The van der Waals surface area contributed by atoms with Crippen molar-refractivity contribution in [2.75, 3.05) is 11.1 Å². The van der Waals surface area contributed by atoms with Crippen molar-refractivity contribution in [3.63, 3.8) is 0 Å². The van der Waals surface area contributed by atoms with Gasteiger partial charge in [0.25, 0.3) is 0 Å². The molecule has 0 aliphatic carbocycles. The van der Waals surface area contributed by atoms with Crippen LogP contribution in [0, 0.1) is 5.82 Å². The van der Waals surface area contributed by atoms with Gasteiger partial charge in [-0.15, -0.1) is 21.5 Å². The number of aliphatic carboxylic acids is 1. The molecule has 2 aromatic heterocycles. The van der Waals surface area contributed by atoms with Gasteiger partial charge in [-0.2, -0.15) is 0 Å². The molecule has 0 amide bonds. The molecule has 7 nitrogen and oxygen atoms in total. The standard InChI is InChI=1S/C15H14FN5O2S2/c1-21-12(19-20-15(21)25-8-13(22)23)6-11-7-24-14(18-11)17-10-4-2-9(16)3-5-10/h2-5,7H,6,8H2,1H3,(H,17,18)(H,22,23). The van der Waals surface area contributed by atoms with E-state index in [0.29, 0.717) is 22.5 Å². The zero-order valence-electron chi connectivity index (χ0n) is 13.1. The van der Waals surface area contributed by atoms with Crippen LogP contribution >= 0.6 is 23.1 Å². The summed E-state index contributed by atoms with van der Waals surface area (Å²) in [6.07, 6.45) is 0.485. The zero-order chi connectivity index (χ0) is 17.8. The summed E-state index contributed by atoms with van der Waals surface area (Å²) in [5.41, 5.74) is 1.58. The Kier molecular flexibility index (Phi) is 5.29. The largest absolute Gasteiger partial charge is 0.481 e. The monoisotopic (exact) mass is 379 g/mol. The number of hydrogen-bond donors (Lipinski definition) is 2. The van der Waals surface area contributed by atoms with Crippen LogP contribution in [0.15, 0.2) is 34.8 Å². The molecule has 0 unspecified atom stereocenters. The third-order valence-corrected chi connectivity index (χ3v) is 5.05. The Morgan fingerprint density at radius 3 is 2.84 bits per heavy atom. The van der Waals surface area contributed by atoms with E-state index in [1.807, 2.05) is 5.38 Å². The summed E-state index contributed by atoms with van der Waals surface area (Å²) in [6, 6.07) is 6.05. The molecular formula is C15H14FN5O2S2. The number of anilines is 2. The first kappa shape index (κ1) is 17.4. The van der Waals surface area contributed by atoms with E-state index < -0.39 is 5.97 Å². The van der Waals surface area contributed by atoms with Gasteiger partial charge >= 0.3 is 5.97 Å². The lowest BCUT2D eigenvalue weighted by molar-refractivity contribution is -0.133. The molecule has 0 radical (unpaired) electrons. The number of nitrogens with zero attached hydrogens (tertiary/aromatic N) is 4. The second-order valence-corrected chi connectivity index (χ2v) is 6.89. The van der Waals surface area contributed by atoms with Crippen LogP contribution in [0.5, 0.6) is 0 Å². The van der Waals surface area contributed by atoms with Crippen molar-refractivity contribution in [2.45, 2.75) is 11.6 Å². The van der Waals surface area contributed by atoms with Crippen molar-refractivity contribution >= 4 is 39.9 Å². The summed E-state index contributed by atoms with van der Waals surface area (Å²) in [4.78, 5) is 15.1. The third-order valence-electron chi connectivity index (χ3n) is 3.24. The van der Waals surface area contributed by atoms with Gasteiger partial charge in [-0.25, -0.2) is 9.37 Å². The number of carboxylic acids is 1. The van der Waals surface area contributed by atoms with Crippen LogP contribution in [0.3, 0.4) is 0 Å². The van der Waals surface area contributed by atoms with Crippen LogP contribution in [0.2, 0.25) is 0 Å². The molecule has 3 rings (SSSR count). The molecule has 10 heteroatoms. The van der Waals surface area contributed by atoms with Crippen LogP contribution in [-0.2, 0) is 18.3 Å². The molecular weight excluding hydrogens is 365 g/mol. The molecule has 3 aromatic rings. The quantitative estimate of drug-likeness (QED) is 0.610. The van der Waals surface area contributed by atoms with Gasteiger partial charge in [0.15, 0.2) is 10.3 Å². The first-order chi connectivity index (χ1) is 12.0. The van der Waals surface area contributed by atoms with Crippen LogP contribution in [-0.4, -0.2) is 36.6 Å². The Labute approximate surface area is 150 Å². The van der Waals surface area contributed by atoms with Crippen molar-refractivity contribution in [2.24, 2.45) is 7.05 Å². The number of halogens is 1. The molecule has 0 fully saturated rings. The summed E-state index contributed by atoms with van der Waals surface area (Å²) in [5.74, 6) is -0.546. The summed E-state index contributed by atoms with van der Waals surface area (Å²) < 4.78 is 14.7. The lowest BCUT2D eigenvalue weighted by atomic mass is 10.3. The number of nitrogens with one attached hydrogen (secondary N) is 1. The van der Waals surface area contributed by atoms with Crippen molar-refractivity contribution in [3.05, 3.63) is 47.0 Å². The highest BCUT2D eigenvalue weighted by atomic mass is 32.2. The minimum Gasteiger partial charge on any atom is -0.481 e. The van der Waals surface area contributed by atoms with Gasteiger partial charge in [0.2, 0.25) is 0 Å². The Morgan fingerprint density at radius 1 is 1.36 bits per heavy atom. The number of aromatic nitrogens is 4. The lowest BCUT2D eigenvalue weighted by Crippen LogP contribution is -2.03. The summed E-state index contributed by atoms with van der Waals surface area (Å²) in [7, 11) is 1.80. The van der Waals surface area contributed by atoms with Gasteiger partial charge in [-0.05, 0) is 24.3 Å². The molecule has 0 aliphatic heterocycles. The van der Waals surface area contributed by atoms with Crippen LogP contribution in [0.1, 0.15) is 11.5 Å². The number of benzene rings is 1. The predicted octanol–water partition coefficient (Wildman–Crippen LogP) is 2.92. The Balaban J connectivity index is 1.65. The molecule has 0 atom stereocenters. The predicted molar refractivity (Wildman–Crippen MR) is 94.0 cm³/mol. The molecule has 0 saturated heterocycles. The number of hydrogen-bond acceptors (Lipinski definition) is 7. The normalized spacial score (nSPS) is 10.8. The minimum absolute atomic E-state index is 0.0611. The lowest BCUT2D eigenvalue weighted by Gasteiger charge is -2.02. The Hall–Kier alpha value is -2.46. The molecule has 1 aromatic carbocycles. The fourth-order valence-corrected chi connectivity index (χ4v) is 3.40.